The molecule has 0 aromatic carbocycles. The highest BCUT2D eigenvalue weighted by Gasteiger charge is 2.51. The lowest BCUT2D eigenvalue weighted by Gasteiger charge is -2.45. The maximum absolute atomic E-state index is 13.0. The Morgan fingerprint density at radius 1 is 0.667 bits per heavy atom. The number of cyclic esters (lactones) is 1. The van der Waals surface area contributed by atoms with E-state index in [2.05, 4.69) is 0 Å². The SMILES string of the molecule is C[C@@H]1[C@H](O)[C@@H](C)/C=C/C=C/C=C/C=C/C=C/C=C/C=C/[C@H](O[C@@H]2O[C@H](C)[C@@H](O)[C@H](N)[C@@H]2O)CC2O[C@](O)(C[C@@H](O)[C@H](O)C(=O)C[C@@H](O)C[C@@H](O)C[C@@H](O)CC(=O)O[C@H]1C)C[C@H](O)[C@H]2C(=O)O. The average Bonchev–Trinajstić information content (AvgIpc) is 3.22. The van der Waals surface area contributed by atoms with Gasteiger partial charge in [-0.15, -0.1) is 0 Å². The minimum absolute atomic E-state index is 0.309. The highest BCUT2D eigenvalue weighted by atomic mass is 16.7. The van der Waals surface area contributed by atoms with E-state index in [1.165, 1.54) is 19.1 Å². The predicted octanol–water partition coefficient (Wildman–Crippen LogP) is -0.109. The summed E-state index contributed by atoms with van der Waals surface area (Å²) < 4.78 is 23.0. The molecule has 0 aliphatic carbocycles. The van der Waals surface area contributed by atoms with E-state index in [0.717, 1.165) is 0 Å². The largest absolute Gasteiger partial charge is 0.481 e. The summed E-state index contributed by atoms with van der Waals surface area (Å²) in [5.41, 5.74) is 6.00. The number of aliphatic carboxylic acids is 1. The summed E-state index contributed by atoms with van der Waals surface area (Å²) in [5, 5.41) is 118. The van der Waals surface area contributed by atoms with Crippen molar-refractivity contribution in [2.45, 2.75) is 170 Å². The van der Waals surface area contributed by atoms with E-state index in [1.54, 1.807) is 86.8 Å². The molecule has 0 spiro atoms. The van der Waals surface area contributed by atoms with E-state index in [-0.39, 0.29) is 5.92 Å². The van der Waals surface area contributed by atoms with Crippen LogP contribution in [0.25, 0.3) is 0 Å². The fraction of sp³-hybridized carbons (Fsp3) is 0.638. The molecule has 13 N–H and O–H groups in total. The molecule has 2 saturated heterocycles. The summed E-state index contributed by atoms with van der Waals surface area (Å²) in [4.78, 5) is 38.0. The lowest BCUT2D eigenvalue weighted by Crippen LogP contribution is -2.61. The van der Waals surface area contributed by atoms with Crippen LogP contribution in [-0.2, 0) is 33.3 Å². The highest BCUT2D eigenvalue weighted by Crippen LogP contribution is 2.38. The van der Waals surface area contributed by atoms with Gasteiger partial charge in [0.15, 0.2) is 17.9 Å². The number of esters is 1. The molecule has 0 radical (unpaired) electrons. The zero-order valence-electron chi connectivity index (χ0n) is 37.8. The van der Waals surface area contributed by atoms with Gasteiger partial charge in [-0.05, 0) is 26.7 Å². The number of ether oxygens (including phenoxy) is 4. The number of carboxylic acid groups (broad SMARTS) is 1. The Balaban J connectivity index is 1.89. The molecule has 0 aromatic heterocycles. The topological polar surface area (TPSA) is 337 Å². The van der Waals surface area contributed by atoms with Crippen LogP contribution in [0.15, 0.2) is 85.1 Å². The fourth-order valence-electron chi connectivity index (χ4n) is 7.91. The van der Waals surface area contributed by atoms with E-state index < -0.39 is 172 Å². The van der Waals surface area contributed by atoms with Gasteiger partial charge in [-0.25, -0.2) is 0 Å². The smallest absolute Gasteiger partial charge is 0.311 e. The molecule has 3 aliphatic heterocycles. The molecule has 2 bridgehead atoms. The highest BCUT2D eigenvalue weighted by molar-refractivity contribution is 5.83. The van der Waals surface area contributed by atoms with Gasteiger partial charge in [-0.2, -0.15) is 0 Å². The van der Waals surface area contributed by atoms with Crippen LogP contribution in [0.3, 0.4) is 0 Å². The minimum Gasteiger partial charge on any atom is -0.481 e. The number of allylic oxidation sites excluding steroid dienone is 12. The number of aliphatic hydroxyl groups excluding tert-OH is 9. The van der Waals surface area contributed by atoms with Crippen LogP contribution in [0, 0.1) is 17.8 Å². The molecule has 66 heavy (non-hydrogen) atoms. The standard InChI is InChI=1S/C47H71NO18/c1-26-17-15-13-11-9-7-5-6-8-10-12-14-16-18-33(65-46-44(59)40(48)42(57)29(4)64-46)23-37-39(45(60)61)35(53)24-47(62,66-37)25-36(54)43(58)34(52)21-31(50)19-30(49)20-32(51)22-38(55)63-28(3)27(2)41(26)56/h5-18,26-33,35-37,39-44,46,49-51,53-54,56-59,62H,19-25,48H2,1-4H3,(H,60,61)/b6-5+,9-7+,10-8+,13-11+,14-12+,17-15+,18-16+/t26-,27-,28-,29+,30+,31-,32+,33-,35-,36+,37?,39+,40-,41+,42+,43+,44-,46-,47-/m0/s1. The Labute approximate surface area is 385 Å². The van der Waals surface area contributed by atoms with Crippen molar-refractivity contribution in [2.75, 3.05) is 0 Å². The third-order valence-electron chi connectivity index (χ3n) is 11.9. The molecule has 2 fully saturated rings. The van der Waals surface area contributed by atoms with Gasteiger partial charge >= 0.3 is 11.9 Å². The van der Waals surface area contributed by atoms with Gasteiger partial charge in [0.25, 0.3) is 0 Å². The second kappa shape index (κ2) is 27.3. The van der Waals surface area contributed by atoms with Crippen molar-refractivity contribution in [3.05, 3.63) is 85.1 Å². The average molecular weight is 938 g/mol. The van der Waals surface area contributed by atoms with Gasteiger partial charge in [0.05, 0.1) is 73.5 Å². The Hall–Kier alpha value is -3.77. The number of carbonyl (C=O) groups is 3. The van der Waals surface area contributed by atoms with Crippen molar-refractivity contribution in [1.82, 2.24) is 0 Å². The Morgan fingerprint density at radius 2 is 1.18 bits per heavy atom. The molecule has 3 aliphatic rings. The first-order valence-corrected chi connectivity index (χ1v) is 22.3. The molecular weight excluding hydrogens is 867 g/mol. The number of aliphatic hydroxyl groups is 10. The molecule has 0 aromatic rings. The van der Waals surface area contributed by atoms with Gasteiger partial charge in [-0.3, -0.25) is 14.4 Å². The molecule has 0 saturated carbocycles. The monoisotopic (exact) mass is 937 g/mol. The van der Waals surface area contributed by atoms with E-state index in [0.29, 0.717) is 0 Å². The summed E-state index contributed by atoms with van der Waals surface area (Å²) in [6.45, 7) is 6.64. The maximum atomic E-state index is 13.0. The van der Waals surface area contributed by atoms with Crippen LogP contribution < -0.4 is 5.73 Å². The van der Waals surface area contributed by atoms with Crippen LogP contribution in [-0.4, -0.2) is 171 Å². The predicted molar refractivity (Wildman–Crippen MR) is 237 cm³/mol. The number of nitrogens with two attached hydrogens (primary N) is 1. The first kappa shape index (κ1) is 56.6. The van der Waals surface area contributed by atoms with Crippen molar-refractivity contribution in [3.8, 4) is 0 Å². The number of rotatable bonds is 3. The fourth-order valence-corrected chi connectivity index (χ4v) is 7.91. The van der Waals surface area contributed by atoms with Crippen molar-refractivity contribution < 1.29 is 89.5 Å². The Bertz CT molecular complexity index is 1750. The zero-order chi connectivity index (χ0) is 49.3. The van der Waals surface area contributed by atoms with Crippen LogP contribution in [0.4, 0.5) is 0 Å². The summed E-state index contributed by atoms with van der Waals surface area (Å²) >= 11 is 0. The van der Waals surface area contributed by atoms with Gasteiger partial charge < -0.3 is 80.9 Å². The number of ketones is 1. The quantitative estimate of drug-likeness (QED) is 0.164. The van der Waals surface area contributed by atoms with Gasteiger partial charge in [0.2, 0.25) is 0 Å². The van der Waals surface area contributed by atoms with Gasteiger partial charge in [-0.1, -0.05) is 98.9 Å². The van der Waals surface area contributed by atoms with Crippen molar-refractivity contribution in [3.63, 3.8) is 0 Å². The lowest BCUT2D eigenvalue weighted by atomic mass is 9.82. The number of hydrogen-bond acceptors (Lipinski definition) is 18. The summed E-state index contributed by atoms with van der Waals surface area (Å²) in [6.07, 6.45) is -0.198. The summed E-state index contributed by atoms with van der Waals surface area (Å²) in [5.74, 6) is -8.40. The summed E-state index contributed by atoms with van der Waals surface area (Å²) in [7, 11) is 0. The van der Waals surface area contributed by atoms with Gasteiger partial charge in [0.1, 0.15) is 24.2 Å². The lowest BCUT2D eigenvalue weighted by molar-refractivity contribution is -0.309. The number of Topliss-reactive ketones (excluding diaryl/α,β-unsaturated/α-hetero) is 1. The second-order valence-corrected chi connectivity index (χ2v) is 17.5. The van der Waals surface area contributed by atoms with E-state index in [9.17, 15) is 70.6 Å². The molecule has 0 amide bonds. The molecular formula is C47H71NO18. The van der Waals surface area contributed by atoms with Crippen LogP contribution >= 0.6 is 0 Å². The molecule has 3 heterocycles. The summed E-state index contributed by atoms with van der Waals surface area (Å²) in [6, 6.07) is -1.18. The molecule has 19 atom stereocenters. The van der Waals surface area contributed by atoms with Crippen LogP contribution in [0.5, 0.6) is 0 Å². The zero-order valence-corrected chi connectivity index (χ0v) is 37.8. The number of fused-ring (bicyclic) bond motifs is 2. The molecule has 19 heteroatoms. The minimum atomic E-state index is -2.52. The van der Waals surface area contributed by atoms with Crippen molar-refractivity contribution >= 4 is 17.7 Å². The third-order valence-corrected chi connectivity index (χ3v) is 11.9. The van der Waals surface area contributed by atoms with Crippen LogP contribution in [0.1, 0.15) is 72.6 Å². The Morgan fingerprint density at radius 3 is 1.74 bits per heavy atom. The van der Waals surface area contributed by atoms with Crippen molar-refractivity contribution in [2.24, 2.45) is 23.5 Å². The molecule has 19 nitrogen and oxygen atoms in total. The first-order valence-electron chi connectivity index (χ1n) is 22.3. The van der Waals surface area contributed by atoms with E-state index in [1.807, 2.05) is 6.92 Å². The number of carbonyl (C=O) groups excluding carboxylic acids is 2. The third kappa shape index (κ3) is 18.0. The van der Waals surface area contributed by atoms with Crippen molar-refractivity contribution in [1.29, 1.82) is 0 Å². The van der Waals surface area contributed by atoms with Gasteiger partial charge in [0, 0.05) is 37.5 Å². The van der Waals surface area contributed by atoms with E-state index >= 15 is 0 Å². The number of hydrogen-bond donors (Lipinski definition) is 12. The van der Waals surface area contributed by atoms with Crippen LogP contribution in [0.2, 0.25) is 0 Å². The van der Waals surface area contributed by atoms with E-state index in [4.69, 9.17) is 24.7 Å². The maximum Gasteiger partial charge on any atom is 0.311 e. The number of carboxylic acids is 1. The molecule has 1 unspecified atom stereocenters. The molecule has 372 valence electrons. The molecule has 3 rings (SSSR count). The Kier molecular flexibility index (Phi) is 23.4. The second-order valence-electron chi connectivity index (χ2n) is 17.5. The normalized spacial score (nSPS) is 45.0. The first-order chi connectivity index (χ1) is 31.0.